The Balaban J connectivity index is 1.59. The van der Waals surface area contributed by atoms with E-state index in [0.717, 1.165) is 29.6 Å². The number of rotatable bonds is 6. The van der Waals surface area contributed by atoms with Crippen molar-refractivity contribution < 1.29 is 18.0 Å². The molecule has 2 aromatic carbocycles. The van der Waals surface area contributed by atoms with Crippen LogP contribution in [0.2, 0.25) is 5.02 Å². The number of carbonyl (C=O) groups is 1. The molecule has 0 bridgehead atoms. The molecule has 0 spiro atoms. The van der Waals surface area contributed by atoms with Crippen molar-refractivity contribution in [2.45, 2.75) is 17.6 Å². The molecular weight excluding hydrogens is 437 g/mol. The SMILES string of the molecule is O=C(NCc1cccnc1)Nc1cccc(NSc2cc(C(F)(F)F)ccc2Cl)c1. The minimum absolute atomic E-state index is 0.199. The lowest BCUT2D eigenvalue weighted by atomic mass is 10.2. The summed E-state index contributed by atoms with van der Waals surface area (Å²) in [6, 6.07) is 13.1. The zero-order valence-electron chi connectivity index (χ0n) is 15.3. The number of nitrogens with zero attached hydrogens (tertiary/aromatic N) is 1. The number of urea groups is 1. The van der Waals surface area contributed by atoms with Crippen LogP contribution in [0, 0.1) is 0 Å². The van der Waals surface area contributed by atoms with E-state index in [1.807, 2.05) is 6.07 Å². The molecule has 0 saturated carbocycles. The zero-order valence-corrected chi connectivity index (χ0v) is 16.9. The Bertz CT molecular complexity index is 1020. The van der Waals surface area contributed by atoms with E-state index < -0.39 is 17.8 Å². The van der Waals surface area contributed by atoms with Crippen molar-refractivity contribution in [3.8, 4) is 0 Å². The predicted octanol–water partition coefficient (Wildman–Crippen LogP) is 6.19. The molecule has 156 valence electrons. The summed E-state index contributed by atoms with van der Waals surface area (Å²) in [6.45, 7) is 0.321. The van der Waals surface area contributed by atoms with Gasteiger partial charge in [0, 0.05) is 35.2 Å². The van der Waals surface area contributed by atoms with Gasteiger partial charge in [-0.2, -0.15) is 13.2 Å². The predicted molar refractivity (Wildman–Crippen MR) is 112 cm³/mol. The molecule has 0 aliphatic rings. The number of halogens is 4. The fourth-order valence-corrected chi connectivity index (χ4v) is 3.33. The highest BCUT2D eigenvalue weighted by Gasteiger charge is 2.31. The number of alkyl halides is 3. The van der Waals surface area contributed by atoms with Crippen LogP contribution in [0.3, 0.4) is 0 Å². The Kier molecular flexibility index (Phi) is 7.07. The normalized spacial score (nSPS) is 11.1. The van der Waals surface area contributed by atoms with Gasteiger partial charge >= 0.3 is 12.2 Å². The number of hydrogen-bond acceptors (Lipinski definition) is 4. The van der Waals surface area contributed by atoms with Gasteiger partial charge in [0.05, 0.1) is 10.6 Å². The smallest absolute Gasteiger partial charge is 0.334 e. The summed E-state index contributed by atoms with van der Waals surface area (Å²) in [7, 11) is 0. The summed E-state index contributed by atoms with van der Waals surface area (Å²) >= 11 is 6.95. The summed E-state index contributed by atoms with van der Waals surface area (Å²) in [5.74, 6) is 0. The molecule has 10 heteroatoms. The van der Waals surface area contributed by atoms with Crippen molar-refractivity contribution in [1.29, 1.82) is 0 Å². The number of nitrogens with one attached hydrogen (secondary N) is 3. The maximum Gasteiger partial charge on any atom is 0.416 e. The molecule has 0 radical (unpaired) electrons. The lowest BCUT2D eigenvalue weighted by Crippen LogP contribution is -2.28. The van der Waals surface area contributed by atoms with Gasteiger partial charge in [-0.25, -0.2) is 4.79 Å². The number of anilines is 2. The van der Waals surface area contributed by atoms with Gasteiger partial charge in [-0.1, -0.05) is 23.7 Å². The van der Waals surface area contributed by atoms with Gasteiger partial charge in [-0.15, -0.1) is 0 Å². The number of carbonyl (C=O) groups excluding carboxylic acids is 1. The van der Waals surface area contributed by atoms with Crippen molar-refractivity contribution in [2.24, 2.45) is 0 Å². The lowest BCUT2D eigenvalue weighted by molar-refractivity contribution is -0.137. The number of benzene rings is 2. The van der Waals surface area contributed by atoms with Crippen LogP contribution in [0.25, 0.3) is 0 Å². The van der Waals surface area contributed by atoms with E-state index in [0.29, 0.717) is 17.9 Å². The van der Waals surface area contributed by atoms with E-state index in [1.54, 1.807) is 42.7 Å². The largest absolute Gasteiger partial charge is 0.416 e. The Morgan fingerprint density at radius 1 is 1.07 bits per heavy atom. The first-order chi connectivity index (χ1) is 14.3. The molecule has 3 aromatic rings. The maximum absolute atomic E-state index is 12.9. The van der Waals surface area contributed by atoms with E-state index in [1.165, 1.54) is 6.07 Å². The van der Waals surface area contributed by atoms with Crippen LogP contribution in [-0.2, 0) is 12.7 Å². The van der Waals surface area contributed by atoms with Crippen molar-refractivity contribution in [3.05, 3.63) is 83.1 Å². The Hall–Kier alpha value is -2.91. The van der Waals surface area contributed by atoms with Crippen LogP contribution < -0.4 is 15.4 Å². The standard InChI is InChI=1S/C20H16ClF3N4OS/c21-17-7-6-14(20(22,23)24)9-18(17)30-28-16-5-1-4-15(10-16)27-19(29)26-12-13-3-2-8-25-11-13/h1-11,28H,12H2,(H2,26,27,29). The van der Waals surface area contributed by atoms with E-state index >= 15 is 0 Å². The highest BCUT2D eigenvalue weighted by atomic mass is 35.5. The third-order valence-electron chi connectivity index (χ3n) is 3.83. The molecule has 2 amide bonds. The quantitative estimate of drug-likeness (QED) is 0.390. The van der Waals surface area contributed by atoms with Crippen LogP contribution in [0.4, 0.5) is 29.3 Å². The summed E-state index contributed by atoms with van der Waals surface area (Å²) in [5.41, 5.74) is 1.17. The van der Waals surface area contributed by atoms with E-state index in [-0.39, 0.29) is 9.92 Å². The summed E-state index contributed by atoms with van der Waals surface area (Å²) in [6.07, 6.45) is -1.15. The second kappa shape index (κ2) is 9.73. The summed E-state index contributed by atoms with van der Waals surface area (Å²) in [5, 5.41) is 5.61. The van der Waals surface area contributed by atoms with Crippen LogP contribution in [0.5, 0.6) is 0 Å². The molecule has 0 aliphatic heterocycles. The number of hydrogen-bond donors (Lipinski definition) is 3. The number of aromatic nitrogens is 1. The van der Waals surface area contributed by atoms with Gasteiger partial charge in [0.1, 0.15) is 0 Å². The third kappa shape index (κ3) is 6.30. The average molecular weight is 453 g/mol. The van der Waals surface area contributed by atoms with Crippen LogP contribution in [0.15, 0.2) is 71.9 Å². The molecule has 1 heterocycles. The number of amides is 2. The first-order valence-electron chi connectivity index (χ1n) is 8.65. The molecule has 3 rings (SSSR count). The summed E-state index contributed by atoms with van der Waals surface area (Å²) < 4.78 is 41.6. The average Bonchev–Trinajstić information content (AvgIpc) is 2.72. The van der Waals surface area contributed by atoms with Gasteiger partial charge in [0.25, 0.3) is 0 Å². The summed E-state index contributed by atoms with van der Waals surface area (Å²) in [4.78, 5) is 16.3. The third-order valence-corrected chi connectivity index (χ3v) is 5.17. The Morgan fingerprint density at radius 3 is 2.60 bits per heavy atom. The minimum Gasteiger partial charge on any atom is -0.334 e. The molecule has 0 fully saturated rings. The fourth-order valence-electron chi connectivity index (χ4n) is 2.39. The van der Waals surface area contributed by atoms with Crippen molar-refractivity contribution in [1.82, 2.24) is 10.3 Å². The van der Waals surface area contributed by atoms with Gasteiger partial charge in [-0.05, 0) is 60.0 Å². The van der Waals surface area contributed by atoms with Crippen molar-refractivity contribution in [2.75, 3.05) is 10.0 Å². The fraction of sp³-hybridized carbons (Fsp3) is 0.100. The monoisotopic (exact) mass is 452 g/mol. The molecule has 30 heavy (non-hydrogen) atoms. The highest BCUT2D eigenvalue weighted by molar-refractivity contribution is 8.00. The molecule has 0 atom stereocenters. The first kappa shape index (κ1) is 21.8. The van der Waals surface area contributed by atoms with E-state index in [2.05, 4.69) is 20.3 Å². The second-order valence-electron chi connectivity index (χ2n) is 6.10. The molecule has 0 saturated heterocycles. The van der Waals surface area contributed by atoms with Crippen molar-refractivity contribution in [3.63, 3.8) is 0 Å². The van der Waals surface area contributed by atoms with E-state index in [9.17, 15) is 18.0 Å². The molecule has 5 nitrogen and oxygen atoms in total. The molecular formula is C20H16ClF3N4OS. The van der Waals surface area contributed by atoms with Crippen LogP contribution >= 0.6 is 23.5 Å². The van der Waals surface area contributed by atoms with Gasteiger partial charge in [0.15, 0.2) is 0 Å². The van der Waals surface area contributed by atoms with Gasteiger partial charge in [0.2, 0.25) is 0 Å². The Morgan fingerprint density at radius 2 is 1.87 bits per heavy atom. The number of pyridine rings is 1. The molecule has 3 N–H and O–H groups in total. The minimum atomic E-state index is -4.45. The topological polar surface area (TPSA) is 66.0 Å². The van der Waals surface area contributed by atoms with Crippen LogP contribution in [0.1, 0.15) is 11.1 Å². The van der Waals surface area contributed by atoms with Crippen LogP contribution in [-0.4, -0.2) is 11.0 Å². The van der Waals surface area contributed by atoms with Crippen molar-refractivity contribution >= 4 is 41.0 Å². The van der Waals surface area contributed by atoms with Gasteiger partial charge < -0.3 is 15.4 Å². The molecule has 0 unspecified atom stereocenters. The molecule has 0 aliphatic carbocycles. The highest BCUT2D eigenvalue weighted by Crippen LogP contribution is 2.36. The Labute approximate surface area is 180 Å². The lowest BCUT2D eigenvalue weighted by Gasteiger charge is -2.12. The van der Waals surface area contributed by atoms with E-state index in [4.69, 9.17) is 11.6 Å². The second-order valence-corrected chi connectivity index (χ2v) is 7.35. The van der Waals surface area contributed by atoms with Gasteiger partial charge in [-0.3, -0.25) is 4.98 Å². The first-order valence-corrected chi connectivity index (χ1v) is 9.84. The molecule has 1 aromatic heterocycles. The zero-order chi connectivity index (χ0) is 21.6. The maximum atomic E-state index is 12.9.